The van der Waals surface area contributed by atoms with Crippen molar-refractivity contribution >= 4 is 15.9 Å². The van der Waals surface area contributed by atoms with Crippen molar-refractivity contribution in [3.8, 4) is 5.75 Å². The summed E-state index contributed by atoms with van der Waals surface area (Å²) < 4.78 is 12.4. The van der Waals surface area contributed by atoms with E-state index < -0.39 is 0 Å². The third-order valence-electron chi connectivity index (χ3n) is 3.21. The number of rotatable bonds is 7. The van der Waals surface area contributed by atoms with Crippen LogP contribution in [0.3, 0.4) is 0 Å². The van der Waals surface area contributed by atoms with E-state index in [-0.39, 0.29) is 0 Å². The molecule has 0 aliphatic heterocycles. The van der Waals surface area contributed by atoms with Gasteiger partial charge in [-0.15, -0.1) is 0 Å². The number of nitrogens with one attached hydrogen (secondary N) is 1. The van der Waals surface area contributed by atoms with Crippen molar-refractivity contribution in [3.63, 3.8) is 0 Å². The van der Waals surface area contributed by atoms with Gasteiger partial charge in [0.25, 0.3) is 0 Å². The zero-order valence-corrected chi connectivity index (χ0v) is 14.4. The Morgan fingerprint density at radius 3 is 2.81 bits per heavy atom. The molecule has 2 rings (SSSR count). The summed E-state index contributed by atoms with van der Waals surface area (Å²) in [5, 5.41) is 3.42. The molecule has 0 saturated heterocycles. The van der Waals surface area contributed by atoms with Crippen LogP contribution >= 0.6 is 15.9 Å². The van der Waals surface area contributed by atoms with Gasteiger partial charge >= 0.3 is 0 Å². The Bertz CT molecular complexity index is 578. The second-order valence-corrected chi connectivity index (χ2v) is 6.45. The molecule has 1 aromatic carbocycles. The van der Waals surface area contributed by atoms with E-state index in [2.05, 4.69) is 35.1 Å². The van der Waals surface area contributed by atoms with E-state index in [0.29, 0.717) is 12.5 Å². The van der Waals surface area contributed by atoms with E-state index in [1.807, 2.05) is 31.2 Å². The zero-order valence-electron chi connectivity index (χ0n) is 12.8. The highest BCUT2D eigenvalue weighted by atomic mass is 79.9. The van der Waals surface area contributed by atoms with Crippen LogP contribution in [0.5, 0.6) is 5.75 Å². The van der Waals surface area contributed by atoms with Crippen LogP contribution in [0.15, 0.2) is 39.4 Å². The van der Waals surface area contributed by atoms with Crippen molar-refractivity contribution in [2.75, 3.05) is 6.54 Å². The minimum atomic E-state index is 0.451. The molecule has 2 aromatic rings. The van der Waals surface area contributed by atoms with Gasteiger partial charge in [-0.05, 0) is 49.2 Å². The van der Waals surface area contributed by atoms with Crippen LogP contribution in [0.1, 0.15) is 30.7 Å². The molecule has 0 radical (unpaired) electrons. The van der Waals surface area contributed by atoms with Crippen molar-refractivity contribution in [2.45, 2.75) is 33.9 Å². The summed E-state index contributed by atoms with van der Waals surface area (Å²) in [6.07, 6.45) is 1.72. The summed E-state index contributed by atoms with van der Waals surface area (Å²) in [5.74, 6) is 2.38. The Balaban J connectivity index is 1.91. The van der Waals surface area contributed by atoms with Crippen LogP contribution in [-0.4, -0.2) is 6.54 Å². The molecule has 0 spiro atoms. The standard InChI is InChI=1S/C17H22BrNO2/c1-12(2)9-19-10-14-6-7-20-17(14)11-21-15-4-5-16(18)13(3)8-15/h4-8,12,19H,9-11H2,1-3H3. The summed E-state index contributed by atoms with van der Waals surface area (Å²) >= 11 is 3.49. The van der Waals surface area contributed by atoms with E-state index in [1.165, 1.54) is 0 Å². The van der Waals surface area contributed by atoms with Gasteiger partial charge in [0.05, 0.1) is 6.26 Å². The van der Waals surface area contributed by atoms with E-state index in [1.54, 1.807) is 6.26 Å². The molecule has 1 heterocycles. The molecule has 1 N–H and O–H groups in total. The fourth-order valence-electron chi connectivity index (χ4n) is 2.00. The van der Waals surface area contributed by atoms with Gasteiger partial charge in [-0.2, -0.15) is 0 Å². The van der Waals surface area contributed by atoms with Crippen LogP contribution in [0.25, 0.3) is 0 Å². The summed E-state index contributed by atoms with van der Waals surface area (Å²) in [5.41, 5.74) is 2.32. The molecule has 0 aliphatic rings. The van der Waals surface area contributed by atoms with Crippen LogP contribution in [-0.2, 0) is 13.2 Å². The average molecular weight is 352 g/mol. The SMILES string of the molecule is Cc1cc(OCc2occc2CNCC(C)C)ccc1Br. The molecular formula is C17H22BrNO2. The number of aryl methyl sites for hydroxylation is 1. The first-order chi connectivity index (χ1) is 10.1. The predicted molar refractivity (Wildman–Crippen MR) is 88.5 cm³/mol. The molecule has 0 amide bonds. The Labute approximate surface area is 134 Å². The van der Waals surface area contributed by atoms with Gasteiger partial charge in [-0.3, -0.25) is 0 Å². The minimum Gasteiger partial charge on any atom is -0.486 e. The Morgan fingerprint density at radius 2 is 2.10 bits per heavy atom. The van der Waals surface area contributed by atoms with E-state index in [4.69, 9.17) is 9.15 Å². The summed E-state index contributed by atoms with van der Waals surface area (Å²) in [4.78, 5) is 0. The van der Waals surface area contributed by atoms with Gasteiger partial charge in [-0.1, -0.05) is 29.8 Å². The lowest BCUT2D eigenvalue weighted by atomic mass is 10.2. The van der Waals surface area contributed by atoms with Crippen LogP contribution in [0.2, 0.25) is 0 Å². The number of hydrogen-bond donors (Lipinski definition) is 1. The maximum Gasteiger partial charge on any atom is 0.146 e. The Hall–Kier alpha value is -1.26. The number of halogens is 1. The van der Waals surface area contributed by atoms with Crippen molar-refractivity contribution in [2.24, 2.45) is 5.92 Å². The van der Waals surface area contributed by atoms with Gasteiger partial charge < -0.3 is 14.5 Å². The average Bonchev–Trinajstić information content (AvgIpc) is 2.87. The largest absolute Gasteiger partial charge is 0.486 e. The van der Waals surface area contributed by atoms with Gasteiger partial charge in [-0.25, -0.2) is 0 Å². The molecule has 0 bridgehead atoms. The lowest BCUT2D eigenvalue weighted by Crippen LogP contribution is -2.19. The maximum absolute atomic E-state index is 5.81. The highest BCUT2D eigenvalue weighted by molar-refractivity contribution is 9.10. The molecule has 3 nitrogen and oxygen atoms in total. The van der Waals surface area contributed by atoms with Gasteiger partial charge in [0, 0.05) is 16.6 Å². The maximum atomic E-state index is 5.81. The Morgan fingerprint density at radius 1 is 1.29 bits per heavy atom. The number of hydrogen-bond acceptors (Lipinski definition) is 3. The van der Waals surface area contributed by atoms with Gasteiger partial charge in [0.1, 0.15) is 18.1 Å². The molecule has 4 heteroatoms. The van der Waals surface area contributed by atoms with Crippen molar-refractivity contribution in [1.29, 1.82) is 0 Å². The molecule has 0 atom stereocenters. The molecular weight excluding hydrogens is 330 g/mol. The second kappa shape index (κ2) is 7.66. The minimum absolute atomic E-state index is 0.451. The fourth-order valence-corrected chi connectivity index (χ4v) is 2.25. The molecule has 0 unspecified atom stereocenters. The van der Waals surface area contributed by atoms with E-state index in [0.717, 1.165) is 40.2 Å². The Kier molecular flexibility index (Phi) is 5.88. The van der Waals surface area contributed by atoms with E-state index in [9.17, 15) is 0 Å². The molecule has 21 heavy (non-hydrogen) atoms. The van der Waals surface area contributed by atoms with Crippen LogP contribution in [0, 0.1) is 12.8 Å². The molecule has 1 aromatic heterocycles. The smallest absolute Gasteiger partial charge is 0.146 e. The van der Waals surface area contributed by atoms with E-state index >= 15 is 0 Å². The number of benzene rings is 1. The number of ether oxygens (including phenoxy) is 1. The monoisotopic (exact) mass is 351 g/mol. The molecule has 0 fully saturated rings. The molecule has 0 aliphatic carbocycles. The van der Waals surface area contributed by atoms with Gasteiger partial charge in [0.2, 0.25) is 0 Å². The quantitative estimate of drug-likeness (QED) is 0.786. The highest BCUT2D eigenvalue weighted by Gasteiger charge is 2.08. The highest BCUT2D eigenvalue weighted by Crippen LogP contribution is 2.23. The predicted octanol–water partition coefficient (Wildman–Crippen LogP) is 4.68. The topological polar surface area (TPSA) is 34.4 Å². The van der Waals surface area contributed by atoms with Crippen molar-refractivity contribution in [3.05, 3.63) is 51.9 Å². The lowest BCUT2D eigenvalue weighted by Gasteiger charge is -2.09. The lowest BCUT2D eigenvalue weighted by molar-refractivity contribution is 0.268. The first kappa shape index (κ1) is 16.1. The summed E-state index contributed by atoms with van der Waals surface area (Å²) in [7, 11) is 0. The summed E-state index contributed by atoms with van der Waals surface area (Å²) in [6, 6.07) is 7.97. The van der Waals surface area contributed by atoms with Gasteiger partial charge in [0.15, 0.2) is 0 Å². The normalized spacial score (nSPS) is 11.1. The van der Waals surface area contributed by atoms with Crippen LogP contribution < -0.4 is 10.1 Å². The second-order valence-electron chi connectivity index (χ2n) is 5.59. The van der Waals surface area contributed by atoms with Crippen molar-refractivity contribution in [1.82, 2.24) is 5.32 Å². The number of furan rings is 1. The third kappa shape index (κ3) is 4.90. The van der Waals surface area contributed by atoms with Crippen LogP contribution in [0.4, 0.5) is 0 Å². The third-order valence-corrected chi connectivity index (χ3v) is 4.09. The zero-order chi connectivity index (χ0) is 15.2. The summed E-state index contributed by atoms with van der Waals surface area (Å²) in [6.45, 7) is 8.70. The fraction of sp³-hybridized carbons (Fsp3) is 0.412. The van der Waals surface area contributed by atoms with Crippen molar-refractivity contribution < 1.29 is 9.15 Å². The molecule has 114 valence electrons. The first-order valence-corrected chi connectivity index (χ1v) is 8.00. The first-order valence-electron chi connectivity index (χ1n) is 7.21. The molecule has 0 saturated carbocycles.